The number of esters is 1. The number of hydrogen-bond donors (Lipinski definition) is 1. The Morgan fingerprint density at radius 1 is 1.14 bits per heavy atom. The first-order chi connectivity index (χ1) is 16.7. The number of methoxy groups -OCH3 is 1. The highest BCUT2D eigenvalue weighted by Gasteiger charge is 2.27. The molecular formula is C22H22N2O5. The fraction of sp³-hybridized carbons (Fsp3) is 0.227. The number of ether oxygens (including phenoxy) is 2. The summed E-state index contributed by atoms with van der Waals surface area (Å²) in [6.45, 7) is -6.66. The summed E-state index contributed by atoms with van der Waals surface area (Å²) >= 11 is 0. The number of amides is 1. The van der Waals surface area contributed by atoms with E-state index in [0.717, 1.165) is 7.11 Å². The lowest BCUT2D eigenvalue weighted by Gasteiger charge is -2.11. The number of benzene rings is 2. The predicted molar refractivity (Wildman–Crippen MR) is 108 cm³/mol. The van der Waals surface area contributed by atoms with E-state index in [0.29, 0.717) is 4.57 Å². The number of nitrogens with zero attached hydrogens (tertiary/aromatic N) is 1. The molecule has 0 fully saturated rings. The molecule has 1 heterocycles. The van der Waals surface area contributed by atoms with Gasteiger partial charge < -0.3 is 19.8 Å². The van der Waals surface area contributed by atoms with Crippen LogP contribution < -0.4 is 10.5 Å². The van der Waals surface area contributed by atoms with Crippen LogP contribution in [0.2, 0.25) is 0 Å². The van der Waals surface area contributed by atoms with E-state index in [2.05, 4.69) is 4.74 Å². The second-order valence-electron chi connectivity index (χ2n) is 5.87. The van der Waals surface area contributed by atoms with Gasteiger partial charge in [-0.2, -0.15) is 0 Å². The summed E-state index contributed by atoms with van der Waals surface area (Å²) in [6, 6.07) is 11.4. The van der Waals surface area contributed by atoms with Crippen molar-refractivity contribution >= 4 is 28.6 Å². The Labute approximate surface area is 177 Å². The average molecular weight is 401 g/mol. The summed E-state index contributed by atoms with van der Waals surface area (Å²) in [5.74, 6) is -4.00. The molecule has 29 heavy (non-hydrogen) atoms. The zero-order chi connectivity index (χ0) is 27.1. The van der Waals surface area contributed by atoms with E-state index >= 15 is 0 Å². The lowest BCUT2D eigenvalue weighted by atomic mass is 10.0. The van der Waals surface area contributed by atoms with Gasteiger partial charge in [-0.05, 0) is 24.1 Å². The minimum Gasteiger partial charge on any atom is -0.481 e. The van der Waals surface area contributed by atoms with E-state index in [-0.39, 0.29) is 22.2 Å². The molecule has 3 aromatic rings. The second-order valence-corrected chi connectivity index (χ2v) is 5.87. The van der Waals surface area contributed by atoms with Crippen molar-refractivity contribution < 1.29 is 33.5 Å². The standard InChI is InChI=1S/C22H22N2O5/c1-3-15-20(21(26)22(23)27)19-16(24(15)12-14-8-5-4-6-9-14)10-7-11-17(19)29-13-18(25)28-2/h4-11H,3,12-13H2,1-2H3,(H2,23,27)/i1D3,3D2,12D2. The fourth-order valence-electron chi connectivity index (χ4n) is 2.84. The summed E-state index contributed by atoms with van der Waals surface area (Å²) in [6.07, 6.45) is -3.34. The van der Waals surface area contributed by atoms with Crippen LogP contribution in [0.3, 0.4) is 0 Å². The van der Waals surface area contributed by atoms with Gasteiger partial charge in [-0.15, -0.1) is 0 Å². The molecule has 2 N–H and O–H groups in total. The summed E-state index contributed by atoms with van der Waals surface area (Å²) in [5, 5.41) is -0.284. The summed E-state index contributed by atoms with van der Waals surface area (Å²) in [5.41, 5.74) is 3.36. The number of carbonyl (C=O) groups excluding carboxylic acids is 3. The molecule has 0 aliphatic carbocycles. The van der Waals surface area contributed by atoms with Crippen LogP contribution in [-0.2, 0) is 27.2 Å². The molecule has 0 aliphatic rings. The van der Waals surface area contributed by atoms with Crippen molar-refractivity contribution in [3.8, 4) is 5.75 Å². The molecule has 0 atom stereocenters. The van der Waals surface area contributed by atoms with Gasteiger partial charge in [0, 0.05) is 19.0 Å². The first kappa shape index (κ1) is 12.8. The third-order valence-electron chi connectivity index (χ3n) is 4.11. The highest BCUT2D eigenvalue weighted by Crippen LogP contribution is 2.35. The van der Waals surface area contributed by atoms with Crippen LogP contribution >= 0.6 is 0 Å². The molecule has 7 heteroatoms. The maximum Gasteiger partial charge on any atom is 0.343 e. The molecule has 0 saturated carbocycles. The average Bonchev–Trinajstić information content (AvgIpc) is 3.19. The SMILES string of the molecule is [2H]C([2H])(c1ccccc1)n1c(C([2H])([2H])C([2H])([2H])[2H])c(C(=O)C(N)=O)c2c(OCC(=O)OC)cccc21. The number of rotatable bonds is 8. The second kappa shape index (κ2) is 8.60. The lowest BCUT2D eigenvalue weighted by Crippen LogP contribution is -2.24. The van der Waals surface area contributed by atoms with Gasteiger partial charge in [0.05, 0.1) is 26.3 Å². The monoisotopic (exact) mass is 401 g/mol. The minimum atomic E-state index is -3.40. The first-order valence-corrected chi connectivity index (χ1v) is 8.44. The molecule has 2 aromatic carbocycles. The molecule has 0 radical (unpaired) electrons. The Kier molecular flexibility index (Phi) is 3.79. The highest BCUT2D eigenvalue weighted by atomic mass is 16.6. The molecule has 0 bridgehead atoms. The van der Waals surface area contributed by atoms with Crippen molar-refractivity contribution in [2.45, 2.75) is 19.7 Å². The molecular weight excluding hydrogens is 372 g/mol. The Hall–Kier alpha value is -3.61. The molecule has 0 aliphatic heterocycles. The fourth-order valence-corrected chi connectivity index (χ4v) is 2.84. The molecule has 0 saturated heterocycles. The molecule has 150 valence electrons. The predicted octanol–water partition coefficient (Wildman–Crippen LogP) is 2.47. The van der Waals surface area contributed by atoms with E-state index < -0.39 is 55.2 Å². The minimum absolute atomic E-state index is 0.00319. The van der Waals surface area contributed by atoms with Crippen LogP contribution in [0.5, 0.6) is 5.75 Å². The van der Waals surface area contributed by atoms with Crippen LogP contribution in [0.1, 0.15) is 38.1 Å². The number of ketones is 1. The van der Waals surface area contributed by atoms with Crippen LogP contribution in [0.15, 0.2) is 48.5 Å². The Morgan fingerprint density at radius 3 is 2.55 bits per heavy atom. The van der Waals surface area contributed by atoms with Crippen molar-refractivity contribution in [2.24, 2.45) is 5.73 Å². The van der Waals surface area contributed by atoms with E-state index in [1.807, 2.05) is 0 Å². The zero-order valence-corrected chi connectivity index (χ0v) is 15.4. The molecule has 1 aromatic heterocycles. The molecule has 3 rings (SSSR count). The van der Waals surface area contributed by atoms with Crippen LogP contribution in [0.25, 0.3) is 10.9 Å². The Bertz CT molecular complexity index is 1330. The van der Waals surface area contributed by atoms with Crippen LogP contribution in [0, 0.1) is 0 Å². The molecule has 0 unspecified atom stereocenters. The van der Waals surface area contributed by atoms with Gasteiger partial charge in [-0.3, -0.25) is 9.59 Å². The third-order valence-corrected chi connectivity index (χ3v) is 4.11. The van der Waals surface area contributed by atoms with Crippen molar-refractivity contribution in [2.75, 3.05) is 13.7 Å². The summed E-state index contributed by atoms with van der Waals surface area (Å²) in [4.78, 5) is 36.8. The van der Waals surface area contributed by atoms with E-state index in [1.165, 1.54) is 42.5 Å². The number of Topliss-reactive ketones (excluding diaryl/α,β-unsaturated/α-hetero) is 1. The Morgan fingerprint density at radius 2 is 1.90 bits per heavy atom. The number of carbonyl (C=O) groups is 3. The van der Waals surface area contributed by atoms with E-state index in [1.54, 1.807) is 6.07 Å². The molecule has 1 amide bonds. The largest absolute Gasteiger partial charge is 0.481 e. The Balaban J connectivity index is 2.57. The van der Waals surface area contributed by atoms with Crippen molar-refractivity contribution in [1.29, 1.82) is 0 Å². The normalized spacial score (nSPS) is 15.7. The van der Waals surface area contributed by atoms with Gasteiger partial charge in [0.25, 0.3) is 11.7 Å². The number of fused-ring (bicyclic) bond motifs is 1. The maximum atomic E-state index is 13.1. The quantitative estimate of drug-likeness (QED) is 0.355. The van der Waals surface area contributed by atoms with Gasteiger partial charge in [-0.1, -0.05) is 43.3 Å². The number of hydrogen-bond acceptors (Lipinski definition) is 5. The van der Waals surface area contributed by atoms with Gasteiger partial charge >= 0.3 is 5.97 Å². The van der Waals surface area contributed by atoms with Crippen molar-refractivity contribution in [1.82, 2.24) is 4.57 Å². The van der Waals surface area contributed by atoms with Crippen LogP contribution in [-0.4, -0.2) is 35.9 Å². The number of primary amides is 1. The lowest BCUT2D eigenvalue weighted by molar-refractivity contribution is -0.142. The number of nitrogens with two attached hydrogens (primary N) is 1. The van der Waals surface area contributed by atoms with E-state index in [9.17, 15) is 14.4 Å². The van der Waals surface area contributed by atoms with Crippen molar-refractivity contribution in [3.05, 3.63) is 65.4 Å². The van der Waals surface area contributed by atoms with Gasteiger partial charge in [0.1, 0.15) is 5.75 Å². The molecule has 7 nitrogen and oxygen atoms in total. The molecule has 0 spiro atoms. The highest BCUT2D eigenvalue weighted by molar-refractivity contribution is 6.45. The topological polar surface area (TPSA) is 101 Å². The van der Waals surface area contributed by atoms with Gasteiger partial charge in [0.15, 0.2) is 6.61 Å². The summed E-state index contributed by atoms with van der Waals surface area (Å²) in [7, 11) is 1.11. The van der Waals surface area contributed by atoms with Gasteiger partial charge in [-0.25, -0.2) is 4.79 Å². The zero-order valence-electron chi connectivity index (χ0n) is 22.4. The van der Waals surface area contributed by atoms with Crippen molar-refractivity contribution in [3.63, 3.8) is 0 Å². The van der Waals surface area contributed by atoms with Crippen LogP contribution in [0.4, 0.5) is 0 Å². The maximum absolute atomic E-state index is 13.1. The number of aromatic nitrogens is 1. The van der Waals surface area contributed by atoms with Gasteiger partial charge in [0.2, 0.25) is 0 Å². The smallest absolute Gasteiger partial charge is 0.343 e. The first-order valence-electron chi connectivity index (χ1n) is 11.9. The summed E-state index contributed by atoms with van der Waals surface area (Å²) < 4.78 is 68.9. The van der Waals surface area contributed by atoms with E-state index in [4.69, 9.17) is 20.1 Å². The third kappa shape index (κ3) is 3.99.